The second kappa shape index (κ2) is 9.67. The van der Waals surface area contributed by atoms with Crippen LogP contribution in [-0.4, -0.2) is 36.1 Å². The van der Waals surface area contributed by atoms with Crippen LogP contribution >= 0.6 is 11.3 Å². The molecule has 0 amide bonds. The molecule has 2 N–H and O–H groups in total. The highest BCUT2D eigenvalue weighted by Gasteiger charge is 2.11. The normalized spacial score (nSPS) is 11.7. The van der Waals surface area contributed by atoms with Crippen molar-refractivity contribution in [2.75, 3.05) is 25.5 Å². The smallest absolute Gasteiger partial charge is 0.223 e. The molecule has 0 aliphatic carbocycles. The zero-order chi connectivity index (χ0) is 17.2. The molecule has 0 saturated carbocycles. The summed E-state index contributed by atoms with van der Waals surface area (Å²) < 4.78 is 5.75. The van der Waals surface area contributed by atoms with E-state index in [0.29, 0.717) is 18.4 Å². The van der Waals surface area contributed by atoms with E-state index in [9.17, 15) is 0 Å². The van der Waals surface area contributed by atoms with E-state index >= 15 is 0 Å². The monoisotopic (exact) mass is 345 g/mol. The maximum atomic E-state index is 5.75. The number of aliphatic imine (C=N–C) groups is 1. The molecule has 0 saturated heterocycles. The first-order valence-corrected chi connectivity index (χ1v) is 8.82. The molecule has 2 aromatic heterocycles. The quantitative estimate of drug-likeness (QED) is 0.456. The molecule has 0 bridgehead atoms. The average molecular weight is 345 g/mol. The molecule has 0 spiro atoms. The topological polar surface area (TPSA) is 71.4 Å². The highest BCUT2D eigenvalue weighted by Crippen LogP contribution is 2.30. The first kappa shape index (κ1) is 17.9. The fourth-order valence-corrected chi connectivity index (χ4v) is 2.67. The molecule has 2 rings (SSSR count). The number of guanidine groups is 1. The maximum Gasteiger partial charge on any atom is 0.223 e. The number of nitrogens with one attached hydrogen (secondary N) is 2. The van der Waals surface area contributed by atoms with Crippen molar-refractivity contribution in [1.82, 2.24) is 15.3 Å². The first-order chi connectivity index (χ1) is 11.8. The molecule has 128 valence electrons. The Balaban J connectivity index is 2.13. The van der Waals surface area contributed by atoms with Gasteiger partial charge < -0.3 is 15.4 Å². The lowest BCUT2D eigenvalue weighted by atomic mass is 10.2. The van der Waals surface area contributed by atoms with E-state index in [1.165, 1.54) is 11.3 Å². The summed E-state index contributed by atoms with van der Waals surface area (Å²) in [6, 6.07) is 3.85. The Bertz CT molecular complexity index is 696. The molecule has 7 heteroatoms. The number of allylic oxidation sites excluding steroid dienone is 1. The van der Waals surface area contributed by atoms with Gasteiger partial charge in [0.1, 0.15) is 6.61 Å². The zero-order valence-corrected chi connectivity index (χ0v) is 15.1. The minimum absolute atomic E-state index is 0.500. The molecule has 0 atom stereocenters. The predicted molar refractivity (Wildman–Crippen MR) is 101 cm³/mol. The van der Waals surface area contributed by atoms with Gasteiger partial charge in [-0.2, -0.15) is 0 Å². The van der Waals surface area contributed by atoms with Crippen LogP contribution in [0, 0.1) is 0 Å². The summed E-state index contributed by atoms with van der Waals surface area (Å²) in [5.41, 5.74) is 1.71. The van der Waals surface area contributed by atoms with Crippen LogP contribution in [0.4, 0.5) is 5.13 Å². The van der Waals surface area contributed by atoms with E-state index in [1.807, 2.05) is 30.5 Å². The Kier molecular flexibility index (Phi) is 7.22. The SMILES string of the molecule is CC/C=C\COc1ncccc1-c1csc(NC(=NC)NCC)n1. The van der Waals surface area contributed by atoms with Gasteiger partial charge in [-0.15, -0.1) is 11.3 Å². The summed E-state index contributed by atoms with van der Waals surface area (Å²) in [4.78, 5) is 13.1. The van der Waals surface area contributed by atoms with Crippen molar-refractivity contribution in [2.45, 2.75) is 20.3 Å². The maximum absolute atomic E-state index is 5.75. The molecule has 0 radical (unpaired) electrons. The highest BCUT2D eigenvalue weighted by molar-refractivity contribution is 7.14. The van der Waals surface area contributed by atoms with Crippen molar-refractivity contribution in [2.24, 2.45) is 4.99 Å². The number of pyridine rings is 1. The summed E-state index contributed by atoms with van der Waals surface area (Å²) >= 11 is 1.51. The lowest BCUT2D eigenvalue weighted by Gasteiger charge is -2.07. The molecular formula is C17H23N5OS. The van der Waals surface area contributed by atoms with E-state index in [-0.39, 0.29) is 0 Å². The third-order valence-electron chi connectivity index (χ3n) is 3.06. The second-order valence-electron chi connectivity index (χ2n) is 4.81. The van der Waals surface area contributed by atoms with E-state index in [4.69, 9.17) is 4.74 Å². The second-order valence-corrected chi connectivity index (χ2v) is 5.67. The van der Waals surface area contributed by atoms with E-state index in [1.54, 1.807) is 13.2 Å². The van der Waals surface area contributed by atoms with Gasteiger partial charge in [0, 0.05) is 25.2 Å². The van der Waals surface area contributed by atoms with Crippen molar-refractivity contribution < 1.29 is 4.74 Å². The van der Waals surface area contributed by atoms with Gasteiger partial charge in [-0.25, -0.2) is 9.97 Å². The van der Waals surface area contributed by atoms with Gasteiger partial charge in [-0.3, -0.25) is 4.99 Å². The Morgan fingerprint density at radius 2 is 2.25 bits per heavy atom. The van der Waals surface area contributed by atoms with Crippen molar-refractivity contribution in [3.05, 3.63) is 35.9 Å². The van der Waals surface area contributed by atoms with Gasteiger partial charge >= 0.3 is 0 Å². The Labute approximate surface area is 146 Å². The number of ether oxygens (including phenoxy) is 1. The lowest BCUT2D eigenvalue weighted by Crippen LogP contribution is -2.30. The molecule has 2 heterocycles. The molecule has 2 aromatic rings. The zero-order valence-electron chi connectivity index (χ0n) is 14.2. The predicted octanol–water partition coefficient (Wildman–Crippen LogP) is 3.56. The van der Waals surface area contributed by atoms with E-state index in [0.717, 1.165) is 29.4 Å². The molecule has 0 aromatic carbocycles. The Morgan fingerprint density at radius 3 is 3.00 bits per heavy atom. The van der Waals surface area contributed by atoms with Crippen LogP contribution in [0.1, 0.15) is 20.3 Å². The van der Waals surface area contributed by atoms with Crippen molar-refractivity contribution in [3.8, 4) is 17.1 Å². The van der Waals surface area contributed by atoms with Crippen LogP contribution in [0.5, 0.6) is 5.88 Å². The average Bonchev–Trinajstić information content (AvgIpc) is 3.07. The molecular weight excluding hydrogens is 322 g/mol. The third-order valence-corrected chi connectivity index (χ3v) is 3.82. The number of thiazole rings is 1. The molecule has 0 fully saturated rings. The van der Waals surface area contributed by atoms with Gasteiger partial charge in [-0.05, 0) is 25.5 Å². The van der Waals surface area contributed by atoms with Crippen LogP contribution < -0.4 is 15.4 Å². The molecule has 0 aliphatic rings. The Hall–Kier alpha value is -2.41. The number of rotatable bonds is 7. The minimum atomic E-state index is 0.500. The number of hydrogen-bond acceptors (Lipinski definition) is 5. The third kappa shape index (κ3) is 5.06. The van der Waals surface area contributed by atoms with Crippen LogP contribution in [0.15, 0.2) is 40.9 Å². The van der Waals surface area contributed by atoms with E-state index in [2.05, 4.69) is 38.6 Å². The Morgan fingerprint density at radius 1 is 1.38 bits per heavy atom. The largest absolute Gasteiger partial charge is 0.473 e. The summed E-state index contributed by atoms with van der Waals surface area (Å²) in [6.07, 6.45) is 6.78. The summed E-state index contributed by atoms with van der Waals surface area (Å²) in [5.74, 6) is 1.29. The molecule has 6 nitrogen and oxygen atoms in total. The van der Waals surface area contributed by atoms with Crippen molar-refractivity contribution in [1.29, 1.82) is 0 Å². The standard InChI is InChI=1S/C17H23N5OS/c1-4-6-7-11-23-15-13(9-8-10-20-15)14-12-24-17(21-14)22-16(18-3)19-5-2/h6-10,12H,4-5,11H2,1-3H3,(H2,18,19,21,22)/b7-6-. The van der Waals surface area contributed by atoms with Gasteiger partial charge in [-0.1, -0.05) is 19.1 Å². The summed E-state index contributed by atoms with van der Waals surface area (Å²) in [7, 11) is 1.73. The van der Waals surface area contributed by atoms with Crippen LogP contribution in [-0.2, 0) is 0 Å². The highest BCUT2D eigenvalue weighted by atomic mass is 32.1. The van der Waals surface area contributed by atoms with E-state index < -0.39 is 0 Å². The minimum Gasteiger partial charge on any atom is -0.473 e. The van der Waals surface area contributed by atoms with Crippen molar-refractivity contribution >= 4 is 22.4 Å². The summed E-state index contributed by atoms with van der Waals surface area (Å²) in [6.45, 7) is 5.41. The first-order valence-electron chi connectivity index (χ1n) is 7.94. The fourth-order valence-electron chi connectivity index (χ4n) is 1.97. The van der Waals surface area contributed by atoms with Crippen LogP contribution in [0.2, 0.25) is 0 Å². The van der Waals surface area contributed by atoms with Crippen LogP contribution in [0.25, 0.3) is 11.3 Å². The van der Waals surface area contributed by atoms with Crippen molar-refractivity contribution in [3.63, 3.8) is 0 Å². The van der Waals surface area contributed by atoms with Gasteiger partial charge in [0.15, 0.2) is 11.1 Å². The number of nitrogens with zero attached hydrogens (tertiary/aromatic N) is 3. The molecule has 0 unspecified atom stereocenters. The van der Waals surface area contributed by atoms with Gasteiger partial charge in [0.2, 0.25) is 5.88 Å². The molecule has 24 heavy (non-hydrogen) atoms. The molecule has 0 aliphatic heterocycles. The fraction of sp³-hybridized carbons (Fsp3) is 0.353. The number of anilines is 1. The number of hydrogen-bond donors (Lipinski definition) is 2. The summed E-state index contributed by atoms with van der Waals surface area (Å²) in [5, 5.41) is 9.07. The van der Waals surface area contributed by atoms with Gasteiger partial charge in [0.05, 0.1) is 11.3 Å². The van der Waals surface area contributed by atoms with Gasteiger partial charge in [0.25, 0.3) is 0 Å². The number of aromatic nitrogens is 2. The lowest BCUT2D eigenvalue weighted by molar-refractivity contribution is 0.349. The van der Waals surface area contributed by atoms with Crippen LogP contribution in [0.3, 0.4) is 0 Å².